The number of nitrogens with zero attached hydrogens (tertiary/aromatic N) is 1. The number of rotatable bonds is 9. The zero-order valence-corrected chi connectivity index (χ0v) is 21.6. The van der Waals surface area contributed by atoms with Gasteiger partial charge in [-0.05, 0) is 16.6 Å². The minimum Gasteiger partial charge on any atom is -0.463 e. The summed E-state index contributed by atoms with van der Waals surface area (Å²) in [6, 6.07) is 8.22. The van der Waals surface area contributed by atoms with Crippen molar-refractivity contribution in [2.75, 3.05) is 6.61 Å². The number of aromatic amines is 1. The Kier molecular flexibility index (Phi) is 9.00. The average Bonchev–Trinajstić information content (AvgIpc) is 3.10. The van der Waals surface area contributed by atoms with Gasteiger partial charge in [0.05, 0.1) is 5.56 Å². The van der Waals surface area contributed by atoms with Crippen molar-refractivity contribution in [3.05, 3.63) is 73.5 Å². The summed E-state index contributed by atoms with van der Waals surface area (Å²) in [5.74, 6) is -1.99. The molecule has 12 nitrogen and oxygen atoms in total. The van der Waals surface area contributed by atoms with Gasteiger partial charge in [-0.25, -0.2) is 4.79 Å². The van der Waals surface area contributed by atoms with Gasteiger partial charge in [0.15, 0.2) is 12.3 Å². The van der Waals surface area contributed by atoms with Crippen molar-refractivity contribution in [2.45, 2.75) is 44.1 Å². The van der Waals surface area contributed by atoms with Crippen molar-refractivity contribution in [2.24, 2.45) is 0 Å². The first-order chi connectivity index (χ1) is 17.0. The van der Waals surface area contributed by atoms with Gasteiger partial charge in [0.2, 0.25) is 0 Å². The minimum atomic E-state index is -4.27. The number of H-pyrrole nitrogens is 1. The van der Waals surface area contributed by atoms with Gasteiger partial charge in [-0.3, -0.25) is 28.1 Å². The van der Waals surface area contributed by atoms with Gasteiger partial charge in [0.25, 0.3) is 15.7 Å². The molecular formula is C22H23BrN2O10S. The second-order valence-electron chi connectivity index (χ2n) is 7.73. The van der Waals surface area contributed by atoms with Crippen LogP contribution in [0.25, 0.3) is 6.08 Å². The fraction of sp³-hybridized carbons (Fsp3) is 0.364. The van der Waals surface area contributed by atoms with Gasteiger partial charge in [0.1, 0.15) is 24.6 Å². The van der Waals surface area contributed by atoms with E-state index >= 15 is 0 Å². The summed E-state index contributed by atoms with van der Waals surface area (Å²) in [5.41, 5.74) is -1.11. The molecule has 0 aliphatic carbocycles. The Morgan fingerprint density at radius 1 is 1.14 bits per heavy atom. The Morgan fingerprint density at radius 2 is 1.83 bits per heavy atom. The molecule has 1 N–H and O–H groups in total. The van der Waals surface area contributed by atoms with Crippen LogP contribution in [-0.4, -0.2) is 54.8 Å². The zero-order valence-electron chi connectivity index (χ0n) is 19.2. The summed E-state index contributed by atoms with van der Waals surface area (Å²) in [6.45, 7) is 1.77. The van der Waals surface area contributed by atoms with E-state index in [2.05, 4.69) is 20.9 Å². The SMILES string of the molecule is CC(=O)OC[C@H]1O[C@@H](n2cc(C=CBr)c(=O)[nH]c2=O)[C@H](OC(C)=O)[C@H]1OS(=O)(=O)Cc1ccccc1. The average molecular weight is 587 g/mol. The van der Waals surface area contributed by atoms with Crippen molar-refractivity contribution in [1.29, 1.82) is 0 Å². The van der Waals surface area contributed by atoms with E-state index in [9.17, 15) is 27.6 Å². The van der Waals surface area contributed by atoms with E-state index in [1.807, 2.05) is 0 Å². The van der Waals surface area contributed by atoms with Crippen LogP contribution in [0.2, 0.25) is 0 Å². The molecule has 4 atom stereocenters. The predicted octanol–water partition coefficient (Wildman–Crippen LogP) is 1.21. The number of aromatic nitrogens is 2. The molecule has 0 saturated carbocycles. The van der Waals surface area contributed by atoms with Crippen LogP contribution in [0.3, 0.4) is 0 Å². The third kappa shape index (κ3) is 7.00. The minimum absolute atomic E-state index is 0.0502. The molecule has 1 fully saturated rings. The summed E-state index contributed by atoms with van der Waals surface area (Å²) >= 11 is 3.05. The molecule has 36 heavy (non-hydrogen) atoms. The normalized spacial score (nSPS) is 22.0. The Hall–Kier alpha value is -3.07. The third-order valence-electron chi connectivity index (χ3n) is 4.99. The molecule has 1 aliphatic rings. The van der Waals surface area contributed by atoms with Gasteiger partial charge in [-0.1, -0.05) is 46.3 Å². The zero-order chi connectivity index (χ0) is 26.5. The molecule has 0 radical (unpaired) electrons. The maximum Gasteiger partial charge on any atom is 0.330 e. The molecule has 2 aromatic rings. The maximum absolute atomic E-state index is 12.9. The first kappa shape index (κ1) is 27.5. The van der Waals surface area contributed by atoms with Gasteiger partial charge in [-0.15, -0.1) is 0 Å². The third-order valence-corrected chi connectivity index (χ3v) is 6.46. The summed E-state index contributed by atoms with van der Waals surface area (Å²) in [6.07, 6.45) is -3.09. The van der Waals surface area contributed by atoms with Gasteiger partial charge >= 0.3 is 17.6 Å². The van der Waals surface area contributed by atoms with E-state index in [1.165, 1.54) is 11.1 Å². The van der Waals surface area contributed by atoms with Crippen molar-refractivity contribution < 1.29 is 36.4 Å². The van der Waals surface area contributed by atoms with Crippen LogP contribution in [0.1, 0.15) is 31.2 Å². The fourth-order valence-electron chi connectivity index (χ4n) is 3.56. The summed E-state index contributed by atoms with van der Waals surface area (Å²) < 4.78 is 48.3. The number of hydrogen-bond donors (Lipinski definition) is 1. The smallest absolute Gasteiger partial charge is 0.330 e. The van der Waals surface area contributed by atoms with Crippen LogP contribution in [0.4, 0.5) is 0 Å². The molecule has 0 unspecified atom stereocenters. The Morgan fingerprint density at radius 3 is 2.44 bits per heavy atom. The molecule has 1 aliphatic heterocycles. The molecule has 0 spiro atoms. The monoisotopic (exact) mass is 586 g/mol. The Balaban J connectivity index is 2.04. The van der Waals surface area contributed by atoms with Crippen LogP contribution in [-0.2, 0) is 43.9 Å². The number of halogens is 1. The number of hydrogen-bond acceptors (Lipinski definition) is 10. The van der Waals surface area contributed by atoms with Crippen LogP contribution < -0.4 is 11.2 Å². The second kappa shape index (κ2) is 11.8. The Bertz CT molecular complexity index is 1350. The lowest BCUT2D eigenvalue weighted by atomic mass is 10.1. The molecule has 2 heterocycles. The first-order valence-electron chi connectivity index (χ1n) is 10.5. The highest BCUT2D eigenvalue weighted by atomic mass is 79.9. The van der Waals surface area contributed by atoms with Gasteiger partial charge in [0, 0.05) is 20.0 Å². The van der Waals surface area contributed by atoms with Crippen molar-refractivity contribution in [3.8, 4) is 0 Å². The highest BCUT2D eigenvalue weighted by Gasteiger charge is 2.51. The second-order valence-corrected chi connectivity index (χ2v) is 9.86. The van der Waals surface area contributed by atoms with Crippen LogP contribution in [0.15, 0.2) is 51.1 Å². The molecule has 0 amide bonds. The summed E-state index contributed by atoms with van der Waals surface area (Å²) in [4.78, 5) is 51.6. The Labute approximate surface area is 214 Å². The van der Waals surface area contributed by atoms with Crippen LogP contribution in [0.5, 0.6) is 0 Å². The number of nitrogens with one attached hydrogen (secondary N) is 1. The van der Waals surface area contributed by atoms with E-state index in [4.69, 9.17) is 18.4 Å². The summed E-state index contributed by atoms with van der Waals surface area (Å²) in [5, 5.41) is 0. The molecule has 1 aromatic heterocycles. The van der Waals surface area contributed by atoms with E-state index in [1.54, 1.807) is 30.3 Å². The molecule has 14 heteroatoms. The largest absolute Gasteiger partial charge is 0.463 e. The highest BCUT2D eigenvalue weighted by molar-refractivity contribution is 9.11. The topological polar surface area (TPSA) is 160 Å². The van der Waals surface area contributed by atoms with Crippen LogP contribution >= 0.6 is 15.9 Å². The van der Waals surface area contributed by atoms with Crippen molar-refractivity contribution in [1.82, 2.24) is 9.55 Å². The predicted molar refractivity (Wildman–Crippen MR) is 129 cm³/mol. The molecule has 3 rings (SSSR count). The maximum atomic E-state index is 12.9. The highest BCUT2D eigenvalue weighted by Crippen LogP contribution is 2.35. The lowest BCUT2D eigenvalue weighted by molar-refractivity contribution is -0.155. The van der Waals surface area contributed by atoms with Crippen molar-refractivity contribution in [3.63, 3.8) is 0 Å². The number of esters is 2. The fourth-order valence-corrected chi connectivity index (χ4v) is 5.08. The molecule has 1 aromatic carbocycles. The molecular weight excluding hydrogens is 564 g/mol. The lowest BCUT2D eigenvalue weighted by Gasteiger charge is -2.24. The quantitative estimate of drug-likeness (QED) is 0.334. The summed E-state index contributed by atoms with van der Waals surface area (Å²) in [7, 11) is -4.27. The van der Waals surface area contributed by atoms with E-state index in [-0.39, 0.29) is 5.56 Å². The number of ether oxygens (including phenoxy) is 3. The van der Waals surface area contributed by atoms with E-state index in [0.717, 1.165) is 24.6 Å². The molecule has 0 bridgehead atoms. The molecule has 194 valence electrons. The van der Waals surface area contributed by atoms with Crippen molar-refractivity contribution >= 4 is 44.1 Å². The van der Waals surface area contributed by atoms with E-state index < -0.39 is 70.2 Å². The standard InChI is InChI=1S/C22H23BrN2O10S/c1-13(26)32-11-17-18(35-36(30,31)12-15-6-4-3-5-7-15)19(33-14(2)27)21(34-17)25-10-16(8-9-23)20(28)24-22(25)29/h3-10,17-19,21H,11-12H2,1-2H3,(H,24,28,29)/t17-,18+,19-,21-/m1/s1. The van der Waals surface area contributed by atoms with Gasteiger partial charge < -0.3 is 14.2 Å². The first-order valence-corrected chi connectivity index (χ1v) is 13.0. The number of benzene rings is 1. The van der Waals surface area contributed by atoms with Crippen LogP contribution in [0, 0.1) is 0 Å². The number of carbonyl (C=O) groups excluding carboxylic acids is 2. The lowest BCUT2D eigenvalue weighted by Crippen LogP contribution is -2.43. The van der Waals surface area contributed by atoms with E-state index in [0.29, 0.717) is 5.56 Å². The molecule has 1 saturated heterocycles. The van der Waals surface area contributed by atoms with Gasteiger partial charge in [-0.2, -0.15) is 8.42 Å². The number of carbonyl (C=O) groups is 2.